The first kappa shape index (κ1) is 18.8. The van der Waals surface area contributed by atoms with Crippen LogP contribution in [0.25, 0.3) is 22.9 Å². The molecule has 29 heavy (non-hydrogen) atoms. The minimum Gasteiger partial charge on any atom is -0.416 e. The molecule has 0 bridgehead atoms. The van der Waals surface area contributed by atoms with Crippen molar-refractivity contribution < 1.29 is 9.21 Å². The first-order chi connectivity index (χ1) is 14.2. The van der Waals surface area contributed by atoms with E-state index in [1.165, 1.54) is 0 Å². The summed E-state index contributed by atoms with van der Waals surface area (Å²) in [5, 5.41) is 13.9. The van der Waals surface area contributed by atoms with Crippen LogP contribution in [0, 0.1) is 0 Å². The molecule has 144 valence electrons. The lowest BCUT2D eigenvalue weighted by molar-refractivity contribution is 0.262. The summed E-state index contributed by atoms with van der Waals surface area (Å²) in [6.45, 7) is 0. The second kappa shape index (κ2) is 8.62. The number of carbonyl (C=O) groups is 1. The van der Waals surface area contributed by atoms with Gasteiger partial charge in [-0.1, -0.05) is 30.3 Å². The van der Waals surface area contributed by atoms with Crippen molar-refractivity contribution in [1.29, 1.82) is 0 Å². The maximum Gasteiger partial charge on any atom is 0.323 e. The van der Waals surface area contributed by atoms with Gasteiger partial charge < -0.3 is 15.1 Å². The van der Waals surface area contributed by atoms with E-state index >= 15 is 0 Å². The Hall–Kier alpha value is -3.58. The van der Waals surface area contributed by atoms with Crippen LogP contribution in [0.1, 0.15) is 0 Å². The van der Waals surface area contributed by atoms with Crippen molar-refractivity contribution in [2.45, 2.75) is 4.90 Å². The van der Waals surface area contributed by atoms with Gasteiger partial charge in [-0.05, 0) is 54.8 Å². The molecule has 1 aromatic heterocycles. The highest BCUT2D eigenvalue weighted by atomic mass is 32.2. The van der Waals surface area contributed by atoms with Crippen LogP contribution in [0.3, 0.4) is 0 Å². The van der Waals surface area contributed by atoms with Crippen molar-refractivity contribution in [3.05, 3.63) is 78.9 Å². The zero-order chi connectivity index (χ0) is 20.1. The lowest BCUT2D eigenvalue weighted by atomic mass is 10.2. The molecule has 0 fully saturated rings. The summed E-state index contributed by atoms with van der Waals surface area (Å²) in [5.74, 6) is 0.839. The fraction of sp³-hybridized carbons (Fsp3) is 0.0455. The molecule has 7 heteroatoms. The van der Waals surface area contributed by atoms with Crippen LogP contribution in [0.2, 0.25) is 0 Å². The van der Waals surface area contributed by atoms with E-state index in [0.29, 0.717) is 17.5 Å². The van der Waals surface area contributed by atoms with Crippen LogP contribution in [0.4, 0.5) is 16.2 Å². The van der Waals surface area contributed by atoms with Crippen LogP contribution in [0.5, 0.6) is 0 Å². The van der Waals surface area contributed by atoms with E-state index in [2.05, 4.69) is 20.8 Å². The number of amides is 2. The van der Waals surface area contributed by atoms with E-state index < -0.39 is 0 Å². The Morgan fingerprint density at radius 2 is 1.41 bits per heavy atom. The number of anilines is 2. The minimum atomic E-state index is -0.323. The number of carbonyl (C=O) groups excluding carboxylic acids is 1. The second-order valence-corrected chi connectivity index (χ2v) is 7.05. The highest BCUT2D eigenvalue weighted by Gasteiger charge is 2.11. The van der Waals surface area contributed by atoms with Gasteiger partial charge in [0, 0.05) is 27.4 Å². The quantitative estimate of drug-likeness (QED) is 0.414. The first-order valence-corrected chi connectivity index (χ1v) is 10.2. The third-order valence-electron chi connectivity index (χ3n) is 4.14. The third kappa shape index (κ3) is 4.64. The number of urea groups is 1. The molecule has 0 aliphatic rings. The SMILES string of the molecule is CSc1cccc(NC(=O)Nc2cccc(-c3nnc(-c4ccccc4)o3)c2)c1. The standard InChI is InChI=1S/C22H18N4O2S/c1-29-19-12-6-11-18(14-19)24-22(27)23-17-10-5-9-16(13-17)21-26-25-20(28-21)15-7-3-2-4-8-15/h2-14H,1H3,(H2,23,24,27). The molecule has 0 aliphatic carbocycles. The molecule has 4 rings (SSSR count). The Kier molecular flexibility index (Phi) is 5.58. The Morgan fingerprint density at radius 3 is 2.14 bits per heavy atom. The van der Waals surface area contributed by atoms with E-state index in [0.717, 1.165) is 21.7 Å². The highest BCUT2D eigenvalue weighted by molar-refractivity contribution is 7.98. The van der Waals surface area contributed by atoms with Crippen LogP contribution < -0.4 is 10.6 Å². The smallest absolute Gasteiger partial charge is 0.323 e. The summed E-state index contributed by atoms with van der Waals surface area (Å²) in [6, 6.07) is 24.2. The maximum absolute atomic E-state index is 12.3. The molecule has 1 heterocycles. The Balaban J connectivity index is 1.47. The number of thioether (sulfide) groups is 1. The predicted octanol–water partition coefficient (Wildman–Crippen LogP) is 5.77. The molecule has 4 aromatic rings. The molecule has 0 unspecified atom stereocenters. The molecular weight excluding hydrogens is 384 g/mol. The lowest BCUT2D eigenvalue weighted by Gasteiger charge is -2.09. The molecule has 0 saturated carbocycles. The average Bonchev–Trinajstić information content (AvgIpc) is 3.25. The summed E-state index contributed by atoms with van der Waals surface area (Å²) in [6.07, 6.45) is 1.99. The normalized spacial score (nSPS) is 10.5. The maximum atomic E-state index is 12.3. The molecular formula is C22H18N4O2S. The van der Waals surface area contributed by atoms with E-state index in [9.17, 15) is 4.79 Å². The Morgan fingerprint density at radius 1 is 0.793 bits per heavy atom. The summed E-state index contributed by atoms with van der Waals surface area (Å²) in [5.41, 5.74) is 2.93. The van der Waals surface area contributed by atoms with Crippen molar-refractivity contribution in [2.24, 2.45) is 0 Å². The molecule has 2 amide bonds. The monoisotopic (exact) mass is 402 g/mol. The van der Waals surface area contributed by atoms with E-state index in [4.69, 9.17) is 4.42 Å². The molecule has 2 N–H and O–H groups in total. The molecule has 0 atom stereocenters. The molecule has 0 aliphatic heterocycles. The summed E-state index contributed by atoms with van der Waals surface area (Å²) in [7, 11) is 0. The van der Waals surface area contributed by atoms with Crippen LogP contribution in [0.15, 0.2) is 88.2 Å². The fourth-order valence-electron chi connectivity index (χ4n) is 2.76. The van der Waals surface area contributed by atoms with Gasteiger partial charge >= 0.3 is 6.03 Å². The fourth-order valence-corrected chi connectivity index (χ4v) is 3.22. The van der Waals surface area contributed by atoms with E-state index in [-0.39, 0.29) is 6.03 Å². The number of nitrogens with one attached hydrogen (secondary N) is 2. The molecule has 0 spiro atoms. The van der Waals surface area contributed by atoms with Crippen molar-refractivity contribution in [1.82, 2.24) is 10.2 Å². The third-order valence-corrected chi connectivity index (χ3v) is 4.87. The van der Waals surface area contributed by atoms with Crippen molar-refractivity contribution in [2.75, 3.05) is 16.9 Å². The largest absolute Gasteiger partial charge is 0.416 e. The average molecular weight is 402 g/mol. The van der Waals surface area contributed by atoms with Gasteiger partial charge in [0.25, 0.3) is 0 Å². The first-order valence-electron chi connectivity index (χ1n) is 8.93. The highest BCUT2D eigenvalue weighted by Crippen LogP contribution is 2.26. The summed E-state index contributed by atoms with van der Waals surface area (Å²) < 4.78 is 5.78. The van der Waals surface area contributed by atoms with E-state index in [1.807, 2.05) is 73.0 Å². The number of hydrogen-bond acceptors (Lipinski definition) is 5. The second-order valence-electron chi connectivity index (χ2n) is 6.17. The van der Waals surface area contributed by atoms with Gasteiger partial charge in [-0.25, -0.2) is 4.79 Å². The van der Waals surface area contributed by atoms with Gasteiger partial charge in [-0.2, -0.15) is 0 Å². The number of rotatable bonds is 5. The Labute approximate surface area is 172 Å². The predicted molar refractivity (Wildman–Crippen MR) is 116 cm³/mol. The molecule has 6 nitrogen and oxygen atoms in total. The number of benzene rings is 3. The van der Waals surface area contributed by atoms with Gasteiger partial charge in [0.15, 0.2) is 0 Å². The van der Waals surface area contributed by atoms with Crippen LogP contribution >= 0.6 is 11.8 Å². The minimum absolute atomic E-state index is 0.323. The topological polar surface area (TPSA) is 80.0 Å². The van der Waals surface area contributed by atoms with Crippen LogP contribution in [-0.2, 0) is 0 Å². The van der Waals surface area contributed by atoms with Crippen molar-refractivity contribution in [3.63, 3.8) is 0 Å². The zero-order valence-corrected chi connectivity index (χ0v) is 16.4. The van der Waals surface area contributed by atoms with E-state index in [1.54, 1.807) is 23.9 Å². The molecule has 0 radical (unpaired) electrons. The molecule has 3 aromatic carbocycles. The summed E-state index contributed by atoms with van der Waals surface area (Å²) >= 11 is 1.62. The molecule has 0 saturated heterocycles. The summed E-state index contributed by atoms with van der Waals surface area (Å²) in [4.78, 5) is 13.4. The Bertz CT molecular complexity index is 1130. The van der Waals surface area contributed by atoms with Gasteiger partial charge in [0.1, 0.15) is 0 Å². The number of nitrogens with zero attached hydrogens (tertiary/aromatic N) is 2. The van der Waals surface area contributed by atoms with Crippen molar-refractivity contribution in [3.8, 4) is 22.9 Å². The van der Waals surface area contributed by atoms with Gasteiger partial charge in [-0.3, -0.25) is 0 Å². The van der Waals surface area contributed by atoms with Gasteiger partial charge in [-0.15, -0.1) is 22.0 Å². The van der Waals surface area contributed by atoms with Crippen molar-refractivity contribution >= 4 is 29.2 Å². The number of aromatic nitrogens is 2. The lowest BCUT2D eigenvalue weighted by Crippen LogP contribution is -2.19. The van der Waals surface area contributed by atoms with Gasteiger partial charge in [0.2, 0.25) is 11.8 Å². The van der Waals surface area contributed by atoms with Crippen LogP contribution in [-0.4, -0.2) is 22.5 Å². The zero-order valence-electron chi connectivity index (χ0n) is 15.6. The number of hydrogen-bond donors (Lipinski definition) is 2. The van der Waals surface area contributed by atoms with Gasteiger partial charge in [0.05, 0.1) is 0 Å².